The molecule has 0 saturated carbocycles. The van der Waals surface area contributed by atoms with Gasteiger partial charge in [0, 0.05) is 44.3 Å². The molecule has 13 aromatic carbocycles. The van der Waals surface area contributed by atoms with Gasteiger partial charge >= 0.3 is 0 Å². The van der Waals surface area contributed by atoms with Crippen molar-refractivity contribution in [3.8, 4) is 33.4 Å². The lowest BCUT2D eigenvalue weighted by molar-refractivity contribution is 1.14. The van der Waals surface area contributed by atoms with Crippen molar-refractivity contribution >= 4 is 98.8 Å². The lowest BCUT2D eigenvalue weighted by atomic mass is 9.88. The lowest BCUT2D eigenvalue weighted by Crippen LogP contribution is -2.11. The maximum Gasteiger partial charge on any atom is 0.0618 e. The van der Waals surface area contributed by atoms with Gasteiger partial charge in [-0.3, -0.25) is 0 Å². The molecule has 1 aliphatic carbocycles. The van der Waals surface area contributed by atoms with Gasteiger partial charge in [0.05, 0.1) is 11.4 Å². The minimum absolute atomic E-state index is 0.993. The van der Waals surface area contributed by atoms with Crippen molar-refractivity contribution in [2.45, 2.75) is 26.7 Å². The first-order valence-electron chi connectivity index (χ1n) is 25.5. The van der Waals surface area contributed by atoms with E-state index in [1.807, 2.05) is 0 Å². The molecule has 0 saturated heterocycles. The van der Waals surface area contributed by atoms with Gasteiger partial charge in [0.2, 0.25) is 0 Å². The fourth-order valence-corrected chi connectivity index (χ4v) is 12.0. The summed E-state index contributed by atoms with van der Waals surface area (Å²) in [5.41, 5.74) is 17.2. The highest BCUT2D eigenvalue weighted by molar-refractivity contribution is 6.29. The molecule has 13 aromatic rings. The van der Waals surface area contributed by atoms with Crippen molar-refractivity contribution in [3.05, 3.63) is 254 Å². The molecule has 0 N–H and O–H groups in total. The molecule has 14 rings (SSSR count). The highest BCUT2D eigenvalue weighted by Crippen LogP contribution is 2.56. The predicted octanol–water partition coefficient (Wildman–Crippen LogP) is 20.0. The van der Waals surface area contributed by atoms with Gasteiger partial charge in [-0.15, -0.1) is 0 Å². The Labute approximate surface area is 420 Å². The summed E-state index contributed by atoms with van der Waals surface area (Å²) >= 11 is 0. The van der Waals surface area contributed by atoms with E-state index in [0.29, 0.717) is 0 Å². The van der Waals surface area contributed by atoms with E-state index in [9.17, 15) is 0 Å². The Morgan fingerprint density at radius 1 is 0.278 bits per heavy atom. The van der Waals surface area contributed by atoms with Crippen LogP contribution >= 0.6 is 0 Å². The second-order valence-electron chi connectivity index (χ2n) is 19.3. The zero-order chi connectivity index (χ0) is 47.9. The number of aryl methyl sites for hydroxylation is 2. The van der Waals surface area contributed by atoms with E-state index < -0.39 is 0 Å². The van der Waals surface area contributed by atoms with Crippen molar-refractivity contribution in [1.29, 1.82) is 0 Å². The van der Waals surface area contributed by atoms with Gasteiger partial charge in [-0.05, 0) is 161 Å². The highest BCUT2D eigenvalue weighted by atomic mass is 15.2. The van der Waals surface area contributed by atoms with Gasteiger partial charge in [0.15, 0.2) is 0 Å². The molecule has 0 radical (unpaired) electrons. The molecule has 0 aromatic heterocycles. The summed E-state index contributed by atoms with van der Waals surface area (Å²) in [6.07, 6.45) is 1.99. The van der Waals surface area contributed by atoms with E-state index in [-0.39, 0.29) is 0 Å². The Morgan fingerprint density at radius 3 is 1.14 bits per heavy atom. The molecule has 0 bridgehead atoms. The Morgan fingerprint density at radius 2 is 0.667 bits per heavy atom. The van der Waals surface area contributed by atoms with Crippen LogP contribution in [0.3, 0.4) is 0 Å². The van der Waals surface area contributed by atoms with Crippen LogP contribution in [0.2, 0.25) is 0 Å². The molecule has 0 aliphatic heterocycles. The van der Waals surface area contributed by atoms with Crippen LogP contribution in [0.25, 0.3) is 98.0 Å². The van der Waals surface area contributed by atoms with Crippen LogP contribution in [0.5, 0.6) is 0 Å². The minimum Gasteiger partial charge on any atom is -0.309 e. The number of hydrogen-bond acceptors (Lipinski definition) is 2. The van der Waals surface area contributed by atoms with E-state index in [1.54, 1.807) is 0 Å². The van der Waals surface area contributed by atoms with Gasteiger partial charge in [-0.2, -0.15) is 0 Å². The average Bonchev–Trinajstić information content (AvgIpc) is 3.78. The van der Waals surface area contributed by atoms with E-state index in [2.05, 4.69) is 266 Å². The zero-order valence-electron chi connectivity index (χ0n) is 40.4. The molecule has 2 heteroatoms. The monoisotopic (exact) mass is 918 g/mol. The lowest BCUT2D eigenvalue weighted by Gasteiger charge is -2.29. The van der Waals surface area contributed by atoms with E-state index in [1.165, 1.54) is 121 Å². The summed E-state index contributed by atoms with van der Waals surface area (Å²) in [6.45, 7) is 4.45. The normalized spacial score (nSPS) is 11.9. The van der Waals surface area contributed by atoms with Gasteiger partial charge < -0.3 is 9.80 Å². The number of nitrogens with zero attached hydrogens (tertiary/aromatic N) is 2. The predicted molar refractivity (Wildman–Crippen MR) is 309 cm³/mol. The first kappa shape index (κ1) is 41.9. The van der Waals surface area contributed by atoms with E-state index in [4.69, 9.17) is 0 Å². The first-order valence-corrected chi connectivity index (χ1v) is 25.5. The standard InChI is InChI=1S/C70H50N2/c1-3-45-28-34-52(35-29-45)71(69-56-20-9-5-16-48(56)42-49-17-6-10-21-57(49)69)54-38-32-47(33-39-54)66-60-24-13-14-25-61(60)67-63-41-40-55(44-65(63)62-26-15-27-64(66)68(62)67)72(53-36-30-46(4-2)31-37-53)70-58-22-11-7-18-50(58)43-51-19-8-12-23-59(51)70/h5-44H,3-4H2,1-2H3. The molecule has 2 nitrogen and oxygen atoms in total. The average molecular weight is 919 g/mol. The highest BCUT2D eigenvalue weighted by Gasteiger charge is 2.29. The molecule has 0 heterocycles. The summed E-state index contributed by atoms with van der Waals surface area (Å²) in [7, 11) is 0. The van der Waals surface area contributed by atoms with Crippen LogP contribution < -0.4 is 9.80 Å². The third kappa shape index (κ3) is 6.56. The molecule has 0 spiro atoms. The molecule has 340 valence electrons. The molecule has 0 unspecified atom stereocenters. The molecular weight excluding hydrogens is 869 g/mol. The molecule has 1 aliphatic rings. The third-order valence-electron chi connectivity index (χ3n) is 15.4. The molecule has 0 atom stereocenters. The van der Waals surface area contributed by atoms with Gasteiger partial charge in [0.25, 0.3) is 0 Å². The van der Waals surface area contributed by atoms with E-state index >= 15 is 0 Å². The van der Waals surface area contributed by atoms with Gasteiger partial charge in [-0.25, -0.2) is 0 Å². The summed E-state index contributed by atoms with van der Waals surface area (Å²) in [6, 6.07) is 90.8. The number of anilines is 6. The topological polar surface area (TPSA) is 6.48 Å². The number of benzene rings is 13. The van der Waals surface area contributed by atoms with Crippen LogP contribution in [-0.2, 0) is 12.8 Å². The smallest absolute Gasteiger partial charge is 0.0618 e. The fourth-order valence-electron chi connectivity index (χ4n) is 12.0. The summed E-state index contributed by atoms with van der Waals surface area (Å²) < 4.78 is 0. The van der Waals surface area contributed by atoms with Crippen LogP contribution in [0.1, 0.15) is 25.0 Å². The first-order chi connectivity index (χ1) is 35.6. The molecule has 72 heavy (non-hydrogen) atoms. The maximum absolute atomic E-state index is 2.50. The van der Waals surface area contributed by atoms with Crippen molar-refractivity contribution < 1.29 is 0 Å². The summed E-state index contributed by atoms with van der Waals surface area (Å²) in [5.74, 6) is 0. The zero-order valence-corrected chi connectivity index (χ0v) is 40.4. The van der Waals surface area contributed by atoms with Crippen LogP contribution in [0, 0.1) is 0 Å². The van der Waals surface area contributed by atoms with Crippen molar-refractivity contribution in [3.63, 3.8) is 0 Å². The Bertz CT molecular complexity index is 4160. The number of hydrogen-bond donors (Lipinski definition) is 0. The third-order valence-corrected chi connectivity index (χ3v) is 15.4. The summed E-state index contributed by atoms with van der Waals surface area (Å²) in [5, 5.41) is 14.9. The number of fused-ring (bicyclic) bond motifs is 9. The minimum atomic E-state index is 0.993. The fraction of sp³-hybridized carbons (Fsp3) is 0.0571. The Balaban J connectivity index is 0.952. The van der Waals surface area contributed by atoms with Crippen LogP contribution in [0.4, 0.5) is 34.1 Å². The second kappa shape index (κ2) is 16.9. The largest absolute Gasteiger partial charge is 0.309 e. The molecule has 0 amide bonds. The van der Waals surface area contributed by atoms with Gasteiger partial charge in [-0.1, -0.05) is 196 Å². The molecular formula is C70H50N2. The van der Waals surface area contributed by atoms with Crippen LogP contribution in [-0.4, -0.2) is 0 Å². The quantitative estimate of drug-likeness (QED) is 0.133. The summed E-state index contributed by atoms with van der Waals surface area (Å²) in [4.78, 5) is 4.97. The Hall–Kier alpha value is -8.98. The van der Waals surface area contributed by atoms with Crippen molar-refractivity contribution in [2.24, 2.45) is 0 Å². The Kier molecular flexibility index (Phi) is 9.82. The number of rotatable bonds is 9. The SMILES string of the molecule is CCc1ccc(N(c2ccc(-c3c4ccccc4c4c5c(cccc35)-c3cc(N(c5ccc(CC)cc5)c5c6ccccc6cc6ccccc56)ccc3-4)cc2)c2c3ccccc3cc3ccccc23)cc1. The van der Waals surface area contributed by atoms with Gasteiger partial charge in [0.1, 0.15) is 0 Å². The van der Waals surface area contributed by atoms with Crippen molar-refractivity contribution in [1.82, 2.24) is 0 Å². The maximum atomic E-state index is 2.50. The van der Waals surface area contributed by atoms with E-state index in [0.717, 1.165) is 35.6 Å². The van der Waals surface area contributed by atoms with Crippen molar-refractivity contribution in [2.75, 3.05) is 9.80 Å². The second-order valence-corrected chi connectivity index (χ2v) is 19.3. The van der Waals surface area contributed by atoms with Crippen LogP contribution in [0.15, 0.2) is 243 Å². The molecule has 0 fully saturated rings.